The quantitative estimate of drug-likeness (QED) is 0.923. The molecule has 0 spiro atoms. The van der Waals surface area contributed by atoms with Crippen molar-refractivity contribution in [3.63, 3.8) is 0 Å². The molecular weight excluding hydrogens is 290 g/mol. The van der Waals surface area contributed by atoms with Crippen molar-refractivity contribution in [3.8, 4) is 5.75 Å². The maximum Gasteiger partial charge on any atom is 0.255 e. The molecule has 1 unspecified atom stereocenters. The molecule has 0 bridgehead atoms. The van der Waals surface area contributed by atoms with Crippen molar-refractivity contribution in [2.75, 3.05) is 6.61 Å². The van der Waals surface area contributed by atoms with Crippen molar-refractivity contribution >= 4 is 5.91 Å². The zero-order valence-electron chi connectivity index (χ0n) is 13.7. The molecular formula is C18H23N3O2. The molecule has 2 aromatic rings. The number of carbonyl (C=O) groups excluding carboxylic acids is 1. The number of hydrogen-bond donors (Lipinski definition) is 1. The van der Waals surface area contributed by atoms with E-state index < -0.39 is 0 Å². The lowest BCUT2D eigenvalue weighted by atomic mass is 10.0. The predicted octanol–water partition coefficient (Wildman–Crippen LogP) is 3.11. The van der Waals surface area contributed by atoms with Gasteiger partial charge in [0.25, 0.3) is 5.91 Å². The molecule has 5 heteroatoms. The molecule has 5 nitrogen and oxygen atoms in total. The summed E-state index contributed by atoms with van der Waals surface area (Å²) >= 11 is 0. The molecule has 122 valence electrons. The Morgan fingerprint density at radius 3 is 3.04 bits per heavy atom. The van der Waals surface area contributed by atoms with E-state index in [4.69, 9.17) is 4.74 Å². The van der Waals surface area contributed by atoms with Crippen molar-refractivity contribution in [1.82, 2.24) is 15.1 Å². The highest BCUT2D eigenvalue weighted by Crippen LogP contribution is 2.25. The van der Waals surface area contributed by atoms with Crippen molar-refractivity contribution < 1.29 is 9.53 Å². The van der Waals surface area contributed by atoms with E-state index in [0.717, 1.165) is 42.8 Å². The van der Waals surface area contributed by atoms with Gasteiger partial charge in [0.1, 0.15) is 5.75 Å². The third-order valence-electron chi connectivity index (χ3n) is 4.26. The van der Waals surface area contributed by atoms with Gasteiger partial charge in [-0.3, -0.25) is 9.48 Å². The molecule has 2 heterocycles. The number of aryl methyl sites for hydroxylation is 1. The first-order valence-corrected chi connectivity index (χ1v) is 8.28. The van der Waals surface area contributed by atoms with Crippen LogP contribution in [-0.2, 0) is 13.0 Å². The second-order valence-corrected chi connectivity index (χ2v) is 5.85. The number of hydrogen-bond acceptors (Lipinski definition) is 3. The molecule has 1 atom stereocenters. The fourth-order valence-electron chi connectivity index (χ4n) is 3.09. The Kier molecular flexibility index (Phi) is 4.65. The van der Waals surface area contributed by atoms with Crippen LogP contribution in [0.5, 0.6) is 5.75 Å². The number of rotatable bonds is 5. The number of nitrogens with one attached hydrogen (secondary N) is 1. The topological polar surface area (TPSA) is 56.1 Å². The maximum absolute atomic E-state index is 12.6. The van der Waals surface area contributed by atoms with E-state index in [1.54, 1.807) is 6.20 Å². The van der Waals surface area contributed by atoms with Crippen molar-refractivity contribution in [2.24, 2.45) is 0 Å². The van der Waals surface area contributed by atoms with Crippen molar-refractivity contribution in [3.05, 3.63) is 47.3 Å². The normalized spacial score (nSPS) is 14.9. The SMILES string of the molecule is CCOc1ccccc1C(C)NC(=O)c1cnn2c1CCCC2. The molecule has 1 amide bonds. The van der Waals surface area contributed by atoms with E-state index in [9.17, 15) is 4.79 Å². The third kappa shape index (κ3) is 3.23. The number of para-hydroxylation sites is 1. The number of fused-ring (bicyclic) bond motifs is 1. The molecule has 0 saturated heterocycles. The summed E-state index contributed by atoms with van der Waals surface area (Å²) < 4.78 is 7.61. The lowest BCUT2D eigenvalue weighted by Crippen LogP contribution is -2.28. The van der Waals surface area contributed by atoms with Crippen LogP contribution >= 0.6 is 0 Å². The molecule has 1 N–H and O–H groups in total. The standard InChI is InChI=1S/C18H23N3O2/c1-3-23-17-10-5-4-8-14(17)13(2)20-18(22)15-12-19-21-11-7-6-9-16(15)21/h4-5,8,10,12-13H,3,6-7,9,11H2,1-2H3,(H,20,22). The number of benzene rings is 1. The highest BCUT2D eigenvalue weighted by molar-refractivity contribution is 5.95. The smallest absolute Gasteiger partial charge is 0.255 e. The van der Waals surface area contributed by atoms with E-state index in [2.05, 4.69) is 10.4 Å². The summed E-state index contributed by atoms with van der Waals surface area (Å²) in [4.78, 5) is 12.6. The lowest BCUT2D eigenvalue weighted by molar-refractivity contribution is 0.0938. The van der Waals surface area contributed by atoms with Crippen molar-refractivity contribution in [2.45, 2.75) is 45.7 Å². The monoisotopic (exact) mass is 313 g/mol. The second-order valence-electron chi connectivity index (χ2n) is 5.85. The summed E-state index contributed by atoms with van der Waals surface area (Å²) in [5.41, 5.74) is 2.74. The maximum atomic E-state index is 12.6. The fraction of sp³-hybridized carbons (Fsp3) is 0.444. The number of amides is 1. The summed E-state index contributed by atoms with van der Waals surface area (Å²) in [6, 6.07) is 7.70. The van der Waals surface area contributed by atoms with E-state index in [-0.39, 0.29) is 11.9 Å². The van der Waals surface area contributed by atoms with Crippen LogP contribution in [0.1, 0.15) is 54.3 Å². The zero-order valence-corrected chi connectivity index (χ0v) is 13.7. The van der Waals surface area contributed by atoms with Crippen LogP contribution in [0.25, 0.3) is 0 Å². The summed E-state index contributed by atoms with van der Waals surface area (Å²) in [5, 5.41) is 7.41. The molecule has 0 fully saturated rings. The predicted molar refractivity (Wildman–Crippen MR) is 88.7 cm³/mol. The molecule has 1 aliphatic heterocycles. The Morgan fingerprint density at radius 1 is 1.39 bits per heavy atom. The molecule has 23 heavy (non-hydrogen) atoms. The Bertz CT molecular complexity index is 693. The average molecular weight is 313 g/mol. The van der Waals surface area contributed by atoms with Gasteiger partial charge in [0.05, 0.1) is 30.1 Å². The molecule has 0 aliphatic carbocycles. The van der Waals surface area contributed by atoms with Crippen LogP contribution in [0.15, 0.2) is 30.5 Å². The van der Waals surface area contributed by atoms with Crippen LogP contribution < -0.4 is 10.1 Å². The largest absolute Gasteiger partial charge is 0.494 e. The Morgan fingerprint density at radius 2 is 2.22 bits per heavy atom. The Hall–Kier alpha value is -2.30. The van der Waals surface area contributed by atoms with Gasteiger partial charge in [0.2, 0.25) is 0 Å². The van der Waals surface area contributed by atoms with E-state index in [1.807, 2.05) is 42.8 Å². The van der Waals surface area contributed by atoms with E-state index in [0.29, 0.717) is 12.2 Å². The van der Waals surface area contributed by atoms with Crippen LogP contribution in [0.3, 0.4) is 0 Å². The number of nitrogens with zero attached hydrogens (tertiary/aromatic N) is 2. The highest BCUT2D eigenvalue weighted by atomic mass is 16.5. The minimum atomic E-state index is -0.121. The summed E-state index contributed by atoms with van der Waals surface area (Å²) in [7, 11) is 0. The Labute approximate surface area is 136 Å². The first-order chi connectivity index (χ1) is 11.2. The number of ether oxygens (including phenoxy) is 1. The summed E-state index contributed by atoms with van der Waals surface area (Å²) in [6.07, 6.45) is 4.87. The van der Waals surface area contributed by atoms with Gasteiger partial charge in [0.15, 0.2) is 0 Å². The number of carbonyl (C=O) groups is 1. The van der Waals surface area contributed by atoms with Gasteiger partial charge in [-0.15, -0.1) is 0 Å². The van der Waals surface area contributed by atoms with Crippen LogP contribution in [0, 0.1) is 0 Å². The molecule has 1 aromatic carbocycles. The molecule has 0 radical (unpaired) electrons. The third-order valence-corrected chi connectivity index (χ3v) is 4.26. The zero-order chi connectivity index (χ0) is 16.2. The summed E-state index contributed by atoms with van der Waals surface area (Å²) in [6.45, 7) is 5.45. The van der Waals surface area contributed by atoms with Gasteiger partial charge in [-0.2, -0.15) is 5.10 Å². The van der Waals surface area contributed by atoms with Gasteiger partial charge < -0.3 is 10.1 Å². The summed E-state index contributed by atoms with van der Waals surface area (Å²) in [5.74, 6) is 0.756. The van der Waals surface area contributed by atoms with Crippen molar-refractivity contribution in [1.29, 1.82) is 0 Å². The van der Waals surface area contributed by atoms with Gasteiger partial charge in [-0.05, 0) is 39.2 Å². The molecule has 0 saturated carbocycles. The highest BCUT2D eigenvalue weighted by Gasteiger charge is 2.22. The van der Waals surface area contributed by atoms with Gasteiger partial charge in [-0.1, -0.05) is 18.2 Å². The first kappa shape index (κ1) is 15.6. The minimum absolute atomic E-state index is 0.0630. The first-order valence-electron chi connectivity index (χ1n) is 8.28. The minimum Gasteiger partial charge on any atom is -0.494 e. The number of aromatic nitrogens is 2. The Balaban J connectivity index is 1.76. The van der Waals surface area contributed by atoms with Gasteiger partial charge in [-0.25, -0.2) is 0 Å². The average Bonchev–Trinajstić information content (AvgIpc) is 2.99. The second kappa shape index (κ2) is 6.86. The van der Waals surface area contributed by atoms with Crippen LogP contribution in [0.4, 0.5) is 0 Å². The van der Waals surface area contributed by atoms with Crippen LogP contribution in [-0.4, -0.2) is 22.3 Å². The van der Waals surface area contributed by atoms with Gasteiger partial charge >= 0.3 is 0 Å². The molecule has 1 aliphatic rings. The van der Waals surface area contributed by atoms with Gasteiger partial charge in [0, 0.05) is 12.1 Å². The van der Waals surface area contributed by atoms with E-state index in [1.165, 1.54) is 0 Å². The fourth-order valence-corrected chi connectivity index (χ4v) is 3.09. The molecule has 1 aromatic heterocycles. The molecule has 3 rings (SSSR count). The van der Waals surface area contributed by atoms with Crippen LogP contribution in [0.2, 0.25) is 0 Å². The lowest BCUT2D eigenvalue weighted by Gasteiger charge is -2.19. The van der Waals surface area contributed by atoms with E-state index >= 15 is 0 Å².